The number of rotatable bonds is 4. The van der Waals surface area contributed by atoms with Crippen LogP contribution in [0.5, 0.6) is 0 Å². The zero-order valence-electron chi connectivity index (χ0n) is 13.9. The van der Waals surface area contributed by atoms with E-state index in [1.54, 1.807) is 35.2 Å². The maximum Gasteiger partial charge on any atom is 0.0504 e. The molecule has 3 rings (SSSR count). The Balaban J connectivity index is 2.30. The summed E-state index contributed by atoms with van der Waals surface area (Å²) in [7, 11) is -2.24. The second kappa shape index (κ2) is 7.04. The summed E-state index contributed by atoms with van der Waals surface area (Å²) < 4.78 is 24.7. The summed E-state index contributed by atoms with van der Waals surface area (Å²) >= 11 is 3.26. The number of benzene rings is 1. The minimum Gasteiger partial charge on any atom is -0.255 e. The zero-order chi connectivity index (χ0) is 17.4. The Morgan fingerprint density at radius 2 is 1.08 bits per heavy atom. The van der Waals surface area contributed by atoms with Gasteiger partial charge in [0.15, 0.2) is 0 Å². The molecule has 0 saturated carbocycles. The first-order chi connectivity index (χ1) is 11.4. The van der Waals surface area contributed by atoms with Gasteiger partial charge in [0.1, 0.15) is 0 Å². The molecule has 0 aliphatic carbocycles. The van der Waals surface area contributed by atoms with Crippen molar-refractivity contribution in [2.24, 2.45) is 0 Å². The molecule has 2 aromatic heterocycles. The van der Waals surface area contributed by atoms with Gasteiger partial charge in [-0.3, -0.25) is 8.42 Å². The molecule has 2 heterocycles. The van der Waals surface area contributed by atoms with E-state index < -0.39 is 21.6 Å². The molecule has 0 bridgehead atoms. The lowest BCUT2D eigenvalue weighted by Crippen LogP contribution is -1.98. The minimum absolute atomic E-state index is 0.798. The third-order valence-corrected chi connectivity index (χ3v) is 7.77. The van der Waals surface area contributed by atoms with Crippen LogP contribution in [-0.2, 0) is 21.6 Å². The van der Waals surface area contributed by atoms with Gasteiger partial charge in [0.2, 0.25) is 0 Å². The zero-order valence-corrected chi connectivity index (χ0v) is 17.2. The fourth-order valence-corrected chi connectivity index (χ4v) is 6.08. The number of thiophene rings is 2. The van der Waals surface area contributed by atoms with Gasteiger partial charge in [0.25, 0.3) is 0 Å². The van der Waals surface area contributed by atoms with Crippen LogP contribution in [-0.4, -0.2) is 20.9 Å². The summed E-state index contributed by atoms with van der Waals surface area (Å²) in [5.74, 6) is 0. The van der Waals surface area contributed by atoms with Crippen molar-refractivity contribution in [1.29, 1.82) is 0 Å². The third kappa shape index (κ3) is 3.47. The van der Waals surface area contributed by atoms with E-state index in [-0.39, 0.29) is 0 Å². The second-order valence-corrected chi connectivity index (χ2v) is 10.2. The fraction of sp³-hybridized carbons (Fsp3) is 0.222. The first kappa shape index (κ1) is 17.7. The highest BCUT2D eigenvalue weighted by atomic mass is 32.2. The van der Waals surface area contributed by atoms with E-state index in [0.717, 1.165) is 30.7 Å². The lowest BCUT2D eigenvalue weighted by molar-refractivity contribution is 0.685. The molecule has 1 aromatic carbocycles. The molecular formula is C18H18O2S4. The predicted molar refractivity (Wildman–Crippen MR) is 107 cm³/mol. The highest BCUT2D eigenvalue weighted by Gasteiger charge is 2.18. The van der Waals surface area contributed by atoms with Crippen molar-refractivity contribution in [2.45, 2.75) is 23.6 Å². The molecule has 2 unspecified atom stereocenters. The van der Waals surface area contributed by atoms with Crippen molar-refractivity contribution in [3.05, 3.63) is 46.2 Å². The Bertz CT molecular complexity index is 872. The van der Waals surface area contributed by atoms with E-state index in [2.05, 4.69) is 22.9 Å². The van der Waals surface area contributed by atoms with Crippen LogP contribution >= 0.6 is 22.7 Å². The van der Waals surface area contributed by atoms with Gasteiger partial charge in [-0.05, 0) is 60.0 Å². The monoisotopic (exact) mass is 394 g/mol. The predicted octanol–water partition coefficient (Wildman–Crippen LogP) is 5.24. The first-order valence-corrected chi connectivity index (χ1v) is 12.2. The molecule has 0 N–H and O–H groups in total. The van der Waals surface area contributed by atoms with Crippen molar-refractivity contribution in [1.82, 2.24) is 0 Å². The first-order valence-electron chi connectivity index (χ1n) is 7.32. The van der Waals surface area contributed by atoms with Gasteiger partial charge in [-0.25, -0.2) is 0 Å². The van der Waals surface area contributed by atoms with Gasteiger partial charge in [0.05, 0.1) is 21.6 Å². The summed E-state index contributed by atoms with van der Waals surface area (Å²) in [6.07, 6.45) is 3.40. The largest absolute Gasteiger partial charge is 0.255 e. The Morgan fingerprint density at radius 1 is 0.708 bits per heavy atom. The van der Waals surface area contributed by atoms with Gasteiger partial charge in [0, 0.05) is 43.2 Å². The molecular weight excluding hydrogens is 376 g/mol. The average Bonchev–Trinajstić information content (AvgIpc) is 3.14. The van der Waals surface area contributed by atoms with Gasteiger partial charge in [-0.2, -0.15) is 0 Å². The Labute approximate surface area is 155 Å². The van der Waals surface area contributed by atoms with E-state index in [1.165, 1.54) is 11.1 Å². The van der Waals surface area contributed by atoms with Crippen LogP contribution in [0.3, 0.4) is 0 Å². The molecule has 0 fully saturated rings. The number of hydrogen-bond donors (Lipinski definition) is 0. The van der Waals surface area contributed by atoms with Crippen LogP contribution in [0.2, 0.25) is 0 Å². The van der Waals surface area contributed by atoms with Gasteiger partial charge >= 0.3 is 0 Å². The fourth-order valence-electron chi connectivity index (χ4n) is 2.57. The van der Waals surface area contributed by atoms with Crippen LogP contribution in [0.1, 0.15) is 11.1 Å². The van der Waals surface area contributed by atoms with Crippen molar-refractivity contribution >= 4 is 44.3 Å². The molecule has 0 spiro atoms. The van der Waals surface area contributed by atoms with Gasteiger partial charge < -0.3 is 0 Å². The van der Waals surface area contributed by atoms with Crippen LogP contribution in [0, 0.1) is 13.8 Å². The average molecular weight is 395 g/mol. The lowest BCUT2D eigenvalue weighted by atomic mass is 10.1. The van der Waals surface area contributed by atoms with Crippen molar-refractivity contribution in [2.75, 3.05) is 12.5 Å². The number of hydrogen-bond acceptors (Lipinski definition) is 4. The molecule has 24 heavy (non-hydrogen) atoms. The topological polar surface area (TPSA) is 34.1 Å². The molecule has 0 saturated heterocycles. The van der Waals surface area contributed by atoms with E-state index in [4.69, 9.17) is 0 Å². The Hall–Kier alpha value is -1.08. The van der Waals surface area contributed by atoms with Crippen LogP contribution in [0.15, 0.2) is 44.8 Å². The lowest BCUT2D eigenvalue weighted by Gasteiger charge is -2.12. The smallest absolute Gasteiger partial charge is 0.0504 e. The molecule has 0 aliphatic rings. The van der Waals surface area contributed by atoms with E-state index in [0.29, 0.717) is 0 Å². The molecule has 0 radical (unpaired) electrons. The maximum atomic E-state index is 12.4. The molecule has 6 heteroatoms. The van der Waals surface area contributed by atoms with Crippen molar-refractivity contribution in [3.63, 3.8) is 0 Å². The summed E-state index contributed by atoms with van der Waals surface area (Å²) in [5.41, 5.74) is 4.22. The van der Waals surface area contributed by atoms with Crippen LogP contribution < -0.4 is 0 Å². The van der Waals surface area contributed by atoms with Gasteiger partial charge in [-0.15, -0.1) is 22.7 Å². The molecule has 0 aliphatic heterocycles. The summed E-state index contributed by atoms with van der Waals surface area (Å²) in [6, 6.07) is 8.10. The van der Waals surface area contributed by atoms with Crippen molar-refractivity contribution < 1.29 is 8.42 Å². The van der Waals surface area contributed by atoms with E-state index in [9.17, 15) is 8.42 Å². The summed E-state index contributed by atoms with van der Waals surface area (Å²) in [4.78, 5) is 3.73. The highest BCUT2D eigenvalue weighted by molar-refractivity contribution is 7.85. The highest BCUT2D eigenvalue weighted by Crippen LogP contribution is 2.39. The standard InChI is InChI=1S/C18H18O2S4/c1-11-5-15(21-9-11)13-7-18(24(4)20)14(8-17(13)23(3)19)16-6-12(2)10-22-16/h5-10H,1-4H3. The normalized spacial score (nSPS) is 13.8. The summed E-state index contributed by atoms with van der Waals surface area (Å²) in [5, 5.41) is 4.16. The molecule has 126 valence electrons. The quantitative estimate of drug-likeness (QED) is 0.607. The van der Waals surface area contributed by atoms with Crippen molar-refractivity contribution in [3.8, 4) is 20.9 Å². The Morgan fingerprint density at radius 3 is 1.33 bits per heavy atom. The van der Waals surface area contributed by atoms with E-state index >= 15 is 0 Å². The maximum absolute atomic E-state index is 12.4. The minimum atomic E-state index is -1.12. The Kier molecular flexibility index (Phi) is 5.20. The molecule has 0 amide bonds. The number of aryl methyl sites for hydroxylation is 2. The SMILES string of the molecule is Cc1csc(-c2cc(S(C)=O)c(-c3cc(C)cs3)cc2S(C)=O)c1. The third-order valence-electron chi connectivity index (χ3n) is 3.69. The van der Waals surface area contributed by atoms with Crippen LogP contribution in [0.25, 0.3) is 20.9 Å². The summed E-state index contributed by atoms with van der Waals surface area (Å²) in [6.45, 7) is 4.09. The van der Waals surface area contributed by atoms with E-state index in [1.807, 2.05) is 26.0 Å². The van der Waals surface area contributed by atoms with Gasteiger partial charge in [-0.1, -0.05) is 0 Å². The molecule has 2 atom stereocenters. The second-order valence-electron chi connectivity index (χ2n) is 5.73. The molecule has 3 aromatic rings. The van der Waals surface area contributed by atoms with Crippen LogP contribution in [0.4, 0.5) is 0 Å². The molecule has 2 nitrogen and oxygen atoms in total.